The van der Waals surface area contributed by atoms with E-state index in [2.05, 4.69) is 25.1 Å². The number of amides is 1. The lowest BCUT2D eigenvalue weighted by molar-refractivity contribution is 0.0949. The number of hydrogen-bond acceptors (Lipinski definition) is 6. The lowest BCUT2D eigenvalue weighted by atomic mass is 10.2. The Balaban J connectivity index is 1.44. The molecule has 0 aliphatic heterocycles. The highest BCUT2D eigenvalue weighted by atomic mass is 16.3. The van der Waals surface area contributed by atoms with Crippen LogP contribution in [0.3, 0.4) is 0 Å². The molecule has 3 aromatic heterocycles. The van der Waals surface area contributed by atoms with Gasteiger partial charge in [-0.15, -0.1) is 10.2 Å². The molecule has 9 heteroatoms. The number of nitrogens with zero attached hydrogens (tertiary/aromatic N) is 5. The average molecular weight is 368 g/mol. The van der Waals surface area contributed by atoms with E-state index in [1.807, 2.05) is 0 Å². The van der Waals surface area contributed by atoms with Crippen LogP contribution in [0.4, 0.5) is 0 Å². The molecule has 0 aromatic carbocycles. The number of aromatic nitrogens is 5. The van der Waals surface area contributed by atoms with Crippen molar-refractivity contribution in [3.8, 4) is 0 Å². The summed E-state index contributed by atoms with van der Waals surface area (Å²) in [6, 6.07) is 0.454. The number of aryl methyl sites for hydroxylation is 2. The third kappa shape index (κ3) is 2.65. The van der Waals surface area contributed by atoms with Crippen LogP contribution in [-0.2, 0) is 13.6 Å². The predicted molar refractivity (Wildman–Crippen MR) is 95.4 cm³/mol. The summed E-state index contributed by atoms with van der Waals surface area (Å²) < 4.78 is 9.03. The van der Waals surface area contributed by atoms with Gasteiger partial charge in [-0.1, -0.05) is 0 Å². The third-order valence-electron chi connectivity index (χ3n) is 5.23. The van der Waals surface area contributed by atoms with Crippen molar-refractivity contribution in [2.24, 2.45) is 7.05 Å². The number of fused-ring (bicyclic) bond motifs is 1. The summed E-state index contributed by atoms with van der Waals surface area (Å²) in [5, 5.41) is 11.7. The van der Waals surface area contributed by atoms with E-state index in [1.54, 1.807) is 14.0 Å². The average Bonchev–Trinajstić information content (AvgIpc) is 3.58. The highest BCUT2D eigenvalue weighted by molar-refractivity contribution is 6.06. The van der Waals surface area contributed by atoms with E-state index in [4.69, 9.17) is 4.42 Å². The smallest absolute Gasteiger partial charge is 0.265 e. The first-order chi connectivity index (χ1) is 13.0. The molecule has 5 rings (SSSR count). The van der Waals surface area contributed by atoms with Gasteiger partial charge in [0.2, 0.25) is 5.71 Å². The van der Waals surface area contributed by atoms with Gasteiger partial charge in [-0.2, -0.15) is 0 Å². The normalized spacial score (nSPS) is 16.8. The first-order valence-corrected chi connectivity index (χ1v) is 9.21. The maximum absolute atomic E-state index is 12.8. The summed E-state index contributed by atoms with van der Waals surface area (Å²) in [5.41, 5.74) is 0.107. The maximum atomic E-state index is 12.8. The van der Waals surface area contributed by atoms with Crippen molar-refractivity contribution in [2.45, 2.75) is 51.1 Å². The van der Waals surface area contributed by atoms with Crippen LogP contribution < -0.4 is 10.9 Å². The zero-order valence-corrected chi connectivity index (χ0v) is 15.2. The topological polar surface area (TPSA) is 108 Å². The summed E-state index contributed by atoms with van der Waals surface area (Å²) in [7, 11) is 1.59. The molecule has 2 aliphatic carbocycles. The third-order valence-corrected chi connectivity index (χ3v) is 5.23. The summed E-state index contributed by atoms with van der Waals surface area (Å²) in [6.45, 7) is 1.93. The Hall–Kier alpha value is -2.97. The first kappa shape index (κ1) is 16.2. The second-order valence-corrected chi connectivity index (χ2v) is 7.41. The van der Waals surface area contributed by atoms with Gasteiger partial charge in [0, 0.05) is 19.0 Å². The minimum absolute atomic E-state index is 0.179. The molecule has 0 unspecified atom stereocenters. The molecule has 3 aromatic rings. The molecule has 0 saturated heterocycles. The summed E-state index contributed by atoms with van der Waals surface area (Å²) in [6.07, 6.45) is 5.96. The highest BCUT2D eigenvalue weighted by Crippen LogP contribution is 2.44. The van der Waals surface area contributed by atoms with Crippen molar-refractivity contribution in [3.05, 3.63) is 39.7 Å². The number of nitrogens with one attached hydrogen (secondary N) is 1. The molecule has 27 heavy (non-hydrogen) atoms. The molecule has 3 heterocycles. The second-order valence-electron chi connectivity index (χ2n) is 7.41. The molecule has 0 atom stereocenters. The molecule has 9 nitrogen and oxygen atoms in total. The van der Waals surface area contributed by atoms with Crippen molar-refractivity contribution in [1.29, 1.82) is 0 Å². The monoisotopic (exact) mass is 368 g/mol. The van der Waals surface area contributed by atoms with Crippen LogP contribution in [0.15, 0.2) is 15.5 Å². The Morgan fingerprint density at radius 1 is 1.30 bits per heavy atom. The maximum Gasteiger partial charge on any atom is 0.265 e. The predicted octanol–water partition coefficient (Wildman–Crippen LogP) is 1.57. The molecule has 0 bridgehead atoms. The minimum Gasteiger partial charge on any atom is -0.442 e. The van der Waals surface area contributed by atoms with E-state index in [0.29, 0.717) is 17.7 Å². The minimum atomic E-state index is -0.366. The van der Waals surface area contributed by atoms with E-state index in [-0.39, 0.29) is 34.7 Å². The van der Waals surface area contributed by atoms with E-state index in [0.717, 1.165) is 37.3 Å². The Kier molecular flexibility index (Phi) is 3.46. The molecule has 2 fully saturated rings. The standard InChI is InChI=1S/C18H20N6O3/c1-9-13(14-17(27-9)20-8-23(2)18(14)26)16(25)19-7-12-21-22-15(10-3-4-10)24(12)11-5-6-11/h8,10-11H,3-7H2,1-2H3,(H,19,25). The number of rotatable bonds is 5. The SMILES string of the molecule is Cc1oc2ncn(C)c(=O)c2c1C(=O)NCc1nnc(C2CC2)n1C1CC1. The fourth-order valence-electron chi connectivity index (χ4n) is 3.52. The number of carbonyl (C=O) groups excluding carboxylic acids is 1. The van der Waals surface area contributed by atoms with Gasteiger partial charge in [0.15, 0.2) is 5.82 Å². The van der Waals surface area contributed by atoms with E-state index >= 15 is 0 Å². The Morgan fingerprint density at radius 3 is 2.78 bits per heavy atom. The van der Waals surface area contributed by atoms with Crippen LogP contribution >= 0.6 is 0 Å². The van der Waals surface area contributed by atoms with Crippen LogP contribution in [0.1, 0.15) is 65.4 Å². The summed E-state index contributed by atoms with van der Waals surface area (Å²) in [4.78, 5) is 29.3. The molecular weight excluding hydrogens is 348 g/mol. The van der Waals surface area contributed by atoms with Gasteiger partial charge in [-0.25, -0.2) is 4.98 Å². The molecule has 0 spiro atoms. The van der Waals surface area contributed by atoms with Crippen molar-refractivity contribution in [2.75, 3.05) is 0 Å². The van der Waals surface area contributed by atoms with E-state index in [1.165, 1.54) is 10.9 Å². The van der Waals surface area contributed by atoms with E-state index < -0.39 is 0 Å². The molecule has 1 N–H and O–H groups in total. The van der Waals surface area contributed by atoms with Gasteiger partial charge in [0.1, 0.15) is 23.3 Å². The molecule has 2 aliphatic rings. The molecular formula is C18H20N6O3. The van der Waals surface area contributed by atoms with Gasteiger partial charge in [-0.05, 0) is 32.6 Å². The fourth-order valence-corrected chi connectivity index (χ4v) is 3.52. The van der Waals surface area contributed by atoms with Gasteiger partial charge in [-0.3, -0.25) is 9.59 Å². The zero-order chi connectivity index (χ0) is 18.7. The summed E-state index contributed by atoms with van der Waals surface area (Å²) in [5.74, 6) is 2.33. The first-order valence-electron chi connectivity index (χ1n) is 9.21. The summed E-state index contributed by atoms with van der Waals surface area (Å²) >= 11 is 0. The van der Waals surface area contributed by atoms with Crippen LogP contribution in [0.25, 0.3) is 11.1 Å². The molecule has 140 valence electrons. The molecule has 0 radical (unpaired) electrons. The number of carbonyl (C=O) groups is 1. The van der Waals surface area contributed by atoms with Gasteiger partial charge in [0.25, 0.3) is 11.5 Å². The Bertz CT molecular complexity index is 1120. The molecule has 1 amide bonds. The largest absolute Gasteiger partial charge is 0.442 e. The van der Waals surface area contributed by atoms with Crippen molar-refractivity contribution >= 4 is 17.0 Å². The Labute approximate surface area is 154 Å². The van der Waals surface area contributed by atoms with Gasteiger partial charge in [0.05, 0.1) is 12.1 Å². The lowest BCUT2D eigenvalue weighted by Crippen LogP contribution is -2.27. The van der Waals surface area contributed by atoms with Crippen LogP contribution in [0.5, 0.6) is 0 Å². The van der Waals surface area contributed by atoms with Gasteiger partial charge < -0.3 is 18.9 Å². The second kappa shape index (κ2) is 5.77. The highest BCUT2D eigenvalue weighted by Gasteiger charge is 2.36. The van der Waals surface area contributed by atoms with E-state index in [9.17, 15) is 9.59 Å². The molecule has 2 saturated carbocycles. The van der Waals surface area contributed by atoms with Crippen molar-refractivity contribution in [1.82, 2.24) is 29.6 Å². The fraction of sp³-hybridized carbons (Fsp3) is 0.500. The quantitative estimate of drug-likeness (QED) is 0.732. The Morgan fingerprint density at radius 2 is 2.07 bits per heavy atom. The van der Waals surface area contributed by atoms with Crippen LogP contribution in [-0.4, -0.2) is 30.2 Å². The van der Waals surface area contributed by atoms with Gasteiger partial charge >= 0.3 is 0 Å². The van der Waals surface area contributed by atoms with Crippen LogP contribution in [0, 0.1) is 6.92 Å². The zero-order valence-electron chi connectivity index (χ0n) is 15.2. The van der Waals surface area contributed by atoms with Crippen molar-refractivity contribution < 1.29 is 9.21 Å². The number of hydrogen-bond donors (Lipinski definition) is 1. The number of furan rings is 1. The van der Waals surface area contributed by atoms with Crippen molar-refractivity contribution in [3.63, 3.8) is 0 Å². The van der Waals surface area contributed by atoms with Crippen LogP contribution in [0.2, 0.25) is 0 Å². The lowest BCUT2D eigenvalue weighted by Gasteiger charge is -2.09.